The molecule has 0 atom stereocenters. The Morgan fingerprint density at radius 1 is 1.29 bits per heavy atom. The molecule has 0 aliphatic rings. The predicted molar refractivity (Wildman–Crippen MR) is 61.2 cm³/mol. The first kappa shape index (κ1) is 13.5. The van der Waals surface area contributed by atoms with E-state index in [0.717, 1.165) is 13.0 Å². The van der Waals surface area contributed by atoms with Crippen LogP contribution in [0.4, 0.5) is 0 Å². The van der Waals surface area contributed by atoms with E-state index in [4.69, 9.17) is 0 Å². The molecule has 0 aromatic rings. The fourth-order valence-corrected chi connectivity index (χ4v) is 1.33. The van der Waals surface area contributed by atoms with E-state index in [2.05, 4.69) is 34.6 Å². The number of hydrogen-bond acceptors (Lipinski definition) is 1. The second-order valence-corrected chi connectivity index (χ2v) is 5.35. The Morgan fingerprint density at radius 3 is 2.07 bits per heavy atom. The van der Waals surface area contributed by atoms with E-state index in [-0.39, 0.29) is 5.91 Å². The van der Waals surface area contributed by atoms with Gasteiger partial charge in [0.25, 0.3) is 0 Å². The zero-order valence-corrected chi connectivity index (χ0v) is 10.6. The van der Waals surface area contributed by atoms with E-state index < -0.39 is 0 Å². The van der Waals surface area contributed by atoms with E-state index in [1.54, 1.807) is 0 Å². The van der Waals surface area contributed by atoms with Gasteiger partial charge in [0.15, 0.2) is 0 Å². The third-order valence-corrected chi connectivity index (χ3v) is 2.35. The SMILES string of the molecule is CCC(=O)N(CCC(C)(C)C)C(C)C. The third-order valence-electron chi connectivity index (χ3n) is 2.35. The average molecular weight is 199 g/mol. The van der Waals surface area contributed by atoms with Crippen molar-refractivity contribution < 1.29 is 4.79 Å². The van der Waals surface area contributed by atoms with E-state index in [9.17, 15) is 4.79 Å². The van der Waals surface area contributed by atoms with Gasteiger partial charge in [-0.05, 0) is 25.7 Å². The van der Waals surface area contributed by atoms with Gasteiger partial charge in [-0.2, -0.15) is 0 Å². The van der Waals surface area contributed by atoms with Crippen molar-refractivity contribution in [3.63, 3.8) is 0 Å². The second-order valence-electron chi connectivity index (χ2n) is 5.35. The topological polar surface area (TPSA) is 20.3 Å². The first-order valence-corrected chi connectivity index (χ1v) is 5.57. The number of nitrogens with zero attached hydrogens (tertiary/aromatic N) is 1. The quantitative estimate of drug-likeness (QED) is 0.681. The summed E-state index contributed by atoms with van der Waals surface area (Å²) in [6.45, 7) is 13.6. The maximum Gasteiger partial charge on any atom is 0.222 e. The number of amides is 1. The van der Waals surface area contributed by atoms with Crippen molar-refractivity contribution in [1.82, 2.24) is 4.90 Å². The fraction of sp³-hybridized carbons (Fsp3) is 0.917. The van der Waals surface area contributed by atoms with Gasteiger partial charge >= 0.3 is 0 Å². The largest absolute Gasteiger partial charge is 0.340 e. The molecule has 0 radical (unpaired) electrons. The molecule has 0 aromatic heterocycles. The molecule has 2 nitrogen and oxygen atoms in total. The average Bonchev–Trinajstić information content (AvgIpc) is 2.01. The Labute approximate surface area is 88.7 Å². The third kappa shape index (κ3) is 5.25. The lowest BCUT2D eigenvalue weighted by Crippen LogP contribution is -2.38. The van der Waals surface area contributed by atoms with Crippen LogP contribution in [0.1, 0.15) is 54.4 Å². The molecule has 0 rings (SSSR count). The normalized spacial score (nSPS) is 11.9. The summed E-state index contributed by atoms with van der Waals surface area (Å²) < 4.78 is 0. The van der Waals surface area contributed by atoms with Gasteiger partial charge in [0.2, 0.25) is 5.91 Å². The highest BCUT2D eigenvalue weighted by molar-refractivity contribution is 5.76. The second kappa shape index (κ2) is 5.38. The summed E-state index contributed by atoms with van der Waals surface area (Å²) >= 11 is 0. The fourth-order valence-electron chi connectivity index (χ4n) is 1.33. The summed E-state index contributed by atoms with van der Waals surface area (Å²) in [5.41, 5.74) is 0.307. The molecule has 84 valence electrons. The van der Waals surface area contributed by atoms with Gasteiger partial charge in [-0.3, -0.25) is 4.79 Å². The van der Waals surface area contributed by atoms with Crippen LogP contribution in [0.25, 0.3) is 0 Å². The summed E-state index contributed by atoms with van der Waals surface area (Å²) in [6.07, 6.45) is 1.68. The van der Waals surface area contributed by atoms with Gasteiger partial charge in [-0.25, -0.2) is 0 Å². The molecule has 0 aromatic carbocycles. The Morgan fingerprint density at radius 2 is 1.79 bits per heavy atom. The van der Waals surface area contributed by atoms with E-state index in [0.29, 0.717) is 17.9 Å². The summed E-state index contributed by atoms with van der Waals surface area (Å²) in [4.78, 5) is 13.6. The molecule has 0 N–H and O–H groups in total. The van der Waals surface area contributed by atoms with Crippen LogP contribution in [-0.2, 0) is 4.79 Å². The van der Waals surface area contributed by atoms with Crippen LogP contribution in [0.2, 0.25) is 0 Å². The van der Waals surface area contributed by atoms with E-state index >= 15 is 0 Å². The van der Waals surface area contributed by atoms with Gasteiger partial charge in [-0.15, -0.1) is 0 Å². The predicted octanol–water partition coefficient (Wildman–Crippen LogP) is 3.07. The molecule has 2 heteroatoms. The minimum Gasteiger partial charge on any atom is -0.340 e. The number of carbonyl (C=O) groups is 1. The molecule has 0 unspecified atom stereocenters. The number of rotatable bonds is 4. The lowest BCUT2D eigenvalue weighted by Gasteiger charge is -2.29. The molecule has 0 bridgehead atoms. The standard InChI is InChI=1S/C12H25NO/c1-7-11(14)13(10(2)3)9-8-12(4,5)6/h10H,7-9H2,1-6H3. The molecule has 0 heterocycles. The van der Waals surface area contributed by atoms with E-state index in [1.807, 2.05) is 11.8 Å². The Hall–Kier alpha value is -0.530. The lowest BCUT2D eigenvalue weighted by molar-refractivity contribution is -0.132. The van der Waals surface area contributed by atoms with Crippen molar-refractivity contribution in [2.45, 2.75) is 60.4 Å². The van der Waals surface area contributed by atoms with Crippen molar-refractivity contribution in [3.05, 3.63) is 0 Å². The maximum atomic E-state index is 11.6. The lowest BCUT2D eigenvalue weighted by atomic mass is 9.92. The van der Waals surface area contributed by atoms with Crippen LogP contribution in [0, 0.1) is 5.41 Å². The number of hydrogen-bond donors (Lipinski definition) is 0. The summed E-state index contributed by atoms with van der Waals surface area (Å²) in [5, 5.41) is 0. The van der Waals surface area contributed by atoms with Gasteiger partial charge < -0.3 is 4.90 Å². The highest BCUT2D eigenvalue weighted by atomic mass is 16.2. The smallest absolute Gasteiger partial charge is 0.222 e. The van der Waals surface area contributed by atoms with Crippen molar-refractivity contribution in [3.8, 4) is 0 Å². The minimum absolute atomic E-state index is 0.268. The minimum atomic E-state index is 0.268. The number of carbonyl (C=O) groups excluding carboxylic acids is 1. The zero-order chi connectivity index (χ0) is 11.4. The maximum absolute atomic E-state index is 11.6. The van der Waals surface area contributed by atoms with Crippen molar-refractivity contribution in [2.24, 2.45) is 5.41 Å². The van der Waals surface area contributed by atoms with Gasteiger partial charge in [0.1, 0.15) is 0 Å². The first-order chi connectivity index (χ1) is 6.28. The van der Waals surface area contributed by atoms with Gasteiger partial charge in [0, 0.05) is 19.0 Å². The summed E-state index contributed by atoms with van der Waals surface area (Å²) in [7, 11) is 0. The molecular weight excluding hydrogens is 174 g/mol. The van der Waals surface area contributed by atoms with Crippen LogP contribution >= 0.6 is 0 Å². The monoisotopic (exact) mass is 199 g/mol. The van der Waals surface area contributed by atoms with Crippen molar-refractivity contribution in [2.75, 3.05) is 6.54 Å². The highest BCUT2D eigenvalue weighted by Gasteiger charge is 2.18. The van der Waals surface area contributed by atoms with Crippen LogP contribution in [0.5, 0.6) is 0 Å². The van der Waals surface area contributed by atoms with Crippen LogP contribution in [-0.4, -0.2) is 23.4 Å². The Bertz CT molecular complexity index is 179. The molecule has 0 aliphatic carbocycles. The van der Waals surface area contributed by atoms with Crippen LogP contribution in [0.15, 0.2) is 0 Å². The van der Waals surface area contributed by atoms with Crippen molar-refractivity contribution in [1.29, 1.82) is 0 Å². The van der Waals surface area contributed by atoms with Gasteiger partial charge in [-0.1, -0.05) is 27.7 Å². The Kier molecular flexibility index (Phi) is 5.17. The molecule has 0 saturated carbocycles. The molecular formula is C12H25NO. The first-order valence-electron chi connectivity index (χ1n) is 5.57. The zero-order valence-electron chi connectivity index (χ0n) is 10.6. The summed E-state index contributed by atoms with van der Waals surface area (Å²) in [6, 6.07) is 0.324. The molecule has 1 amide bonds. The molecule has 0 spiro atoms. The van der Waals surface area contributed by atoms with E-state index in [1.165, 1.54) is 0 Å². The molecule has 14 heavy (non-hydrogen) atoms. The molecule has 0 saturated heterocycles. The van der Waals surface area contributed by atoms with Gasteiger partial charge in [0.05, 0.1) is 0 Å². The summed E-state index contributed by atoms with van der Waals surface area (Å²) in [5.74, 6) is 0.268. The molecule has 0 fully saturated rings. The van der Waals surface area contributed by atoms with Crippen LogP contribution < -0.4 is 0 Å². The van der Waals surface area contributed by atoms with Crippen molar-refractivity contribution >= 4 is 5.91 Å². The highest BCUT2D eigenvalue weighted by Crippen LogP contribution is 2.19. The van der Waals surface area contributed by atoms with Crippen LogP contribution in [0.3, 0.4) is 0 Å². The molecule has 0 aliphatic heterocycles. The Balaban J connectivity index is 4.18.